The number of aromatic amines is 1. The summed E-state index contributed by atoms with van der Waals surface area (Å²) >= 11 is 1.66. The third kappa shape index (κ3) is 4.74. The summed E-state index contributed by atoms with van der Waals surface area (Å²) in [4.78, 5) is 27.3. The number of amides is 2. The van der Waals surface area contributed by atoms with Gasteiger partial charge in [0.25, 0.3) is 11.8 Å². The van der Waals surface area contributed by atoms with Gasteiger partial charge in [-0.25, -0.2) is 0 Å². The SMILES string of the molecule is COc1cc(NC(=O)c2cc(-c3cc4ccccc4s3)c3[nH]ncc3c2)c(OC)cc1NC(=O)c1ccccc1. The predicted octanol–water partition coefficient (Wildman–Crippen LogP) is 6.97. The van der Waals surface area contributed by atoms with E-state index in [0.717, 1.165) is 31.4 Å². The van der Waals surface area contributed by atoms with Crippen LogP contribution in [0.2, 0.25) is 0 Å². The van der Waals surface area contributed by atoms with E-state index in [9.17, 15) is 9.59 Å². The molecule has 0 unspecified atom stereocenters. The fraction of sp³-hybridized carbons (Fsp3) is 0.0645. The maximum absolute atomic E-state index is 13.5. The number of fused-ring (bicyclic) bond motifs is 2. The quantitative estimate of drug-likeness (QED) is 0.200. The van der Waals surface area contributed by atoms with E-state index in [0.29, 0.717) is 34.0 Å². The molecule has 0 spiro atoms. The molecule has 0 fully saturated rings. The number of nitrogens with zero attached hydrogens (tertiary/aromatic N) is 1. The van der Waals surface area contributed by atoms with E-state index in [1.165, 1.54) is 14.2 Å². The van der Waals surface area contributed by atoms with Crippen LogP contribution in [-0.4, -0.2) is 36.2 Å². The van der Waals surface area contributed by atoms with Crippen LogP contribution in [0.5, 0.6) is 11.5 Å². The molecule has 0 bridgehead atoms. The van der Waals surface area contributed by atoms with Gasteiger partial charge in [-0.2, -0.15) is 5.10 Å². The van der Waals surface area contributed by atoms with Crippen LogP contribution in [0.1, 0.15) is 20.7 Å². The Morgan fingerprint density at radius 2 is 1.40 bits per heavy atom. The summed E-state index contributed by atoms with van der Waals surface area (Å²) in [6, 6.07) is 26.1. The second kappa shape index (κ2) is 10.5. The van der Waals surface area contributed by atoms with Crippen molar-refractivity contribution in [2.75, 3.05) is 24.9 Å². The lowest BCUT2D eigenvalue weighted by molar-refractivity contribution is 0.101. The number of H-pyrrole nitrogens is 1. The Morgan fingerprint density at radius 3 is 2.08 bits per heavy atom. The Labute approximate surface area is 233 Å². The summed E-state index contributed by atoms with van der Waals surface area (Å²) in [7, 11) is 2.99. The molecule has 0 radical (unpaired) electrons. The maximum atomic E-state index is 13.5. The van der Waals surface area contributed by atoms with Gasteiger partial charge >= 0.3 is 0 Å². The molecule has 8 nitrogen and oxygen atoms in total. The molecular formula is C31H24N4O4S. The van der Waals surface area contributed by atoms with E-state index in [4.69, 9.17) is 9.47 Å². The smallest absolute Gasteiger partial charge is 0.255 e. The number of rotatable bonds is 7. The molecule has 2 heterocycles. The summed E-state index contributed by atoms with van der Waals surface area (Å²) in [5.41, 5.74) is 3.54. The van der Waals surface area contributed by atoms with Gasteiger partial charge in [-0.1, -0.05) is 36.4 Å². The molecule has 6 rings (SSSR count). The Hall–Kier alpha value is -5.15. The third-order valence-corrected chi connectivity index (χ3v) is 7.71. The fourth-order valence-electron chi connectivity index (χ4n) is 4.57. The van der Waals surface area contributed by atoms with Gasteiger partial charge < -0.3 is 20.1 Å². The van der Waals surface area contributed by atoms with Gasteiger partial charge in [-0.3, -0.25) is 14.7 Å². The van der Waals surface area contributed by atoms with Crippen LogP contribution < -0.4 is 20.1 Å². The number of methoxy groups -OCH3 is 2. The van der Waals surface area contributed by atoms with Crippen molar-refractivity contribution in [1.29, 1.82) is 0 Å². The normalized spacial score (nSPS) is 10.9. The number of carbonyl (C=O) groups excluding carboxylic acids is 2. The zero-order valence-electron chi connectivity index (χ0n) is 21.6. The van der Waals surface area contributed by atoms with Crippen LogP contribution in [0.15, 0.2) is 91.1 Å². The van der Waals surface area contributed by atoms with Crippen molar-refractivity contribution in [3.05, 3.63) is 102 Å². The minimum Gasteiger partial charge on any atom is -0.494 e. The van der Waals surface area contributed by atoms with Crippen LogP contribution in [-0.2, 0) is 0 Å². The number of ether oxygens (including phenoxy) is 2. The number of thiophene rings is 1. The highest BCUT2D eigenvalue weighted by Crippen LogP contribution is 2.39. The van der Waals surface area contributed by atoms with Gasteiger partial charge in [0, 0.05) is 43.8 Å². The Morgan fingerprint density at radius 1 is 0.750 bits per heavy atom. The minimum absolute atomic E-state index is 0.292. The zero-order chi connectivity index (χ0) is 27.6. The average molecular weight is 549 g/mol. The third-order valence-electron chi connectivity index (χ3n) is 6.56. The molecule has 0 aliphatic heterocycles. The molecule has 0 atom stereocenters. The molecule has 0 aliphatic carbocycles. The molecule has 0 saturated carbocycles. The Kier molecular flexibility index (Phi) is 6.63. The van der Waals surface area contributed by atoms with E-state index in [1.54, 1.807) is 60.0 Å². The maximum Gasteiger partial charge on any atom is 0.255 e. The Balaban J connectivity index is 1.33. The topological polar surface area (TPSA) is 105 Å². The second-order valence-corrected chi connectivity index (χ2v) is 10.1. The largest absolute Gasteiger partial charge is 0.494 e. The van der Waals surface area contributed by atoms with Gasteiger partial charge in [0.1, 0.15) is 11.5 Å². The molecule has 6 aromatic rings. The van der Waals surface area contributed by atoms with E-state index >= 15 is 0 Å². The molecular weight excluding hydrogens is 524 g/mol. The number of nitrogens with one attached hydrogen (secondary N) is 3. The van der Waals surface area contributed by atoms with Gasteiger partial charge in [-0.05, 0) is 41.8 Å². The summed E-state index contributed by atoms with van der Waals surface area (Å²) < 4.78 is 12.3. The lowest BCUT2D eigenvalue weighted by Crippen LogP contribution is -2.15. The summed E-state index contributed by atoms with van der Waals surface area (Å²) in [6.45, 7) is 0. The molecule has 198 valence electrons. The standard InChI is InChI=1S/C31H24N4O4S/c1-38-25-16-24(26(39-2)15-23(25)33-30(36)18-8-4-3-5-9-18)34-31(37)20-12-21-17-32-35-29(21)22(13-20)28-14-19-10-6-7-11-27(19)40-28/h3-17H,1-2H3,(H,32,35)(H,33,36)(H,34,37). The van der Waals surface area contributed by atoms with Crippen molar-refractivity contribution in [1.82, 2.24) is 10.2 Å². The first-order chi connectivity index (χ1) is 19.5. The van der Waals surface area contributed by atoms with Crippen LogP contribution in [0.25, 0.3) is 31.4 Å². The van der Waals surface area contributed by atoms with Crippen LogP contribution in [0, 0.1) is 0 Å². The van der Waals surface area contributed by atoms with Crippen molar-refractivity contribution in [2.24, 2.45) is 0 Å². The fourth-order valence-corrected chi connectivity index (χ4v) is 5.65. The number of benzene rings is 4. The molecule has 2 amide bonds. The summed E-state index contributed by atoms with van der Waals surface area (Å²) in [5.74, 6) is 0.120. The molecule has 9 heteroatoms. The van der Waals surface area contributed by atoms with E-state index < -0.39 is 0 Å². The van der Waals surface area contributed by atoms with Crippen molar-refractivity contribution >= 4 is 55.5 Å². The zero-order valence-corrected chi connectivity index (χ0v) is 22.5. The lowest BCUT2D eigenvalue weighted by atomic mass is 10.0. The van der Waals surface area contributed by atoms with E-state index in [1.807, 2.05) is 24.3 Å². The number of aromatic nitrogens is 2. The highest BCUT2D eigenvalue weighted by atomic mass is 32.1. The van der Waals surface area contributed by atoms with Crippen LogP contribution in [0.4, 0.5) is 11.4 Å². The first-order valence-electron chi connectivity index (χ1n) is 12.4. The highest BCUT2D eigenvalue weighted by molar-refractivity contribution is 7.22. The molecule has 4 aromatic carbocycles. The van der Waals surface area contributed by atoms with Crippen LogP contribution >= 0.6 is 11.3 Å². The van der Waals surface area contributed by atoms with Gasteiger partial charge in [0.2, 0.25) is 0 Å². The number of hydrogen-bond acceptors (Lipinski definition) is 6. The first kappa shape index (κ1) is 25.1. The second-order valence-electron chi connectivity index (χ2n) is 9.03. The summed E-state index contributed by atoms with van der Waals surface area (Å²) in [6.07, 6.45) is 1.71. The number of hydrogen-bond donors (Lipinski definition) is 3. The summed E-state index contributed by atoms with van der Waals surface area (Å²) in [5, 5.41) is 15.0. The average Bonchev–Trinajstić information content (AvgIpc) is 3.64. The molecule has 2 aromatic heterocycles. The van der Waals surface area contributed by atoms with Crippen LogP contribution in [0.3, 0.4) is 0 Å². The number of carbonyl (C=O) groups is 2. The van der Waals surface area contributed by atoms with Gasteiger partial charge in [-0.15, -0.1) is 11.3 Å². The van der Waals surface area contributed by atoms with Crippen molar-refractivity contribution in [2.45, 2.75) is 0 Å². The monoisotopic (exact) mass is 548 g/mol. The predicted molar refractivity (Wildman–Crippen MR) is 159 cm³/mol. The molecule has 0 saturated heterocycles. The minimum atomic E-state index is -0.327. The van der Waals surface area contributed by atoms with E-state index in [-0.39, 0.29) is 11.8 Å². The lowest BCUT2D eigenvalue weighted by Gasteiger charge is -2.16. The van der Waals surface area contributed by atoms with Gasteiger partial charge in [0.05, 0.1) is 37.3 Å². The van der Waals surface area contributed by atoms with Crippen molar-refractivity contribution < 1.29 is 19.1 Å². The van der Waals surface area contributed by atoms with Crippen molar-refractivity contribution in [3.63, 3.8) is 0 Å². The number of anilines is 2. The molecule has 0 aliphatic rings. The highest BCUT2D eigenvalue weighted by Gasteiger charge is 2.19. The van der Waals surface area contributed by atoms with E-state index in [2.05, 4.69) is 39.0 Å². The first-order valence-corrected chi connectivity index (χ1v) is 13.3. The van der Waals surface area contributed by atoms with Crippen molar-refractivity contribution in [3.8, 4) is 21.9 Å². The Bertz CT molecular complexity index is 1840. The molecule has 40 heavy (non-hydrogen) atoms. The molecule has 3 N–H and O–H groups in total. The van der Waals surface area contributed by atoms with Gasteiger partial charge in [0.15, 0.2) is 0 Å².